The maximum absolute atomic E-state index is 6.04. The minimum atomic E-state index is 0.746. The normalized spacial score (nSPS) is 15.3. The number of hydrogen-bond donors (Lipinski definition) is 0. The maximum Gasteiger partial charge on any atom is 0.127 e. The van der Waals surface area contributed by atoms with Crippen LogP contribution in [0.2, 0.25) is 0 Å². The van der Waals surface area contributed by atoms with E-state index >= 15 is 0 Å². The molecule has 0 bridgehead atoms. The monoisotopic (exact) mass is 282 g/mol. The number of ether oxygens (including phenoxy) is 1. The van der Waals surface area contributed by atoms with Gasteiger partial charge in [0.1, 0.15) is 12.4 Å². The first kappa shape index (κ1) is 14.1. The number of benzene rings is 1. The maximum atomic E-state index is 6.04. The molecule has 0 radical (unpaired) electrons. The lowest BCUT2D eigenvalue weighted by Crippen LogP contribution is -2.25. The summed E-state index contributed by atoms with van der Waals surface area (Å²) < 4.78 is 6.04. The molecule has 21 heavy (non-hydrogen) atoms. The lowest BCUT2D eigenvalue weighted by molar-refractivity contribution is 0.238. The van der Waals surface area contributed by atoms with Crippen molar-refractivity contribution in [3.8, 4) is 16.9 Å². The molecule has 2 aromatic rings. The standard InChI is InChI=1S/C18H22N2O/c1-15-16(8-6-10-19-15)17-7-2-3-9-18(17)21-14-13-20-11-4-5-12-20/h2-3,6-10H,4-5,11-14H2,1H3. The largest absolute Gasteiger partial charge is 0.492 e. The van der Waals surface area contributed by atoms with Crippen molar-refractivity contribution in [2.75, 3.05) is 26.2 Å². The van der Waals surface area contributed by atoms with E-state index in [0.717, 1.165) is 35.7 Å². The SMILES string of the molecule is Cc1ncccc1-c1ccccc1OCCN1CCCC1. The minimum Gasteiger partial charge on any atom is -0.492 e. The van der Waals surface area contributed by atoms with Gasteiger partial charge in [0, 0.05) is 29.6 Å². The van der Waals surface area contributed by atoms with Crippen LogP contribution in [0.25, 0.3) is 11.1 Å². The first-order valence-corrected chi connectivity index (χ1v) is 7.71. The Kier molecular flexibility index (Phi) is 4.51. The Bertz CT molecular complexity index is 591. The van der Waals surface area contributed by atoms with Crippen molar-refractivity contribution < 1.29 is 4.74 Å². The zero-order valence-electron chi connectivity index (χ0n) is 12.6. The Morgan fingerprint density at radius 2 is 1.81 bits per heavy atom. The summed E-state index contributed by atoms with van der Waals surface area (Å²) in [5, 5.41) is 0. The second-order valence-corrected chi connectivity index (χ2v) is 5.53. The molecule has 1 aromatic heterocycles. The zero-order chi connectivity index (χ0) is 14.5. The third kappa shape index (κ3) is 3.42. The van der Waals surface area contributed by atoms with E-state index in [4.69, 9.17) is 4.74 Å². The van der Waals surface area contributed by atoms with Crippen LogP contribution in [0, 0.1) is 6.92 Å². The van der Waals surface area contributed by atoms with Gasteiger partial charge in [-0.15, -0.1) is 0 Å². The van der Waals surface area contributed by atoms with Crippen molar-refractivity contribution in [1.29, 1.82) is 0 Å². The topological polar surface area (TPSA) is 25.4 Å². The van der Waals surface area contributed by atoms with E-state index in [0.29, 0.717) is 0 Å². The van der Waals surface area contributed by atoms with Crippen LogP contribution < -0.4 is 4.74 Å². The Morgan fingerprint density at radius 1 is 1.05 bits per heavy atom. The van der Waals surface area contributed by atoms with E-state index in [1.54, 1.807) is 0 Å². The predicted molar refractivity (Wildman–Crippen MR) is 85.6 cm³/mol. The molecule has 0 spiro atoms. The number of pyridine rings is 1. The van der Waals surface area contributed by atoms with Gasteiger partial charge in [0.2, 0.25) is 0 Å². The molecule has 0 N–H and O–H groups in total. The molecule has 0 saturated carbocycles. The van der Waals surface area contributed by atoms with Gasteiger partial charge in [-0.1, -0.05) is 24.3 Å². The predicted octanol–water partition coefficient (Wildman–Crippen LogP) is 3.53. The fraction of sp³-hybridized carbons (Fsp3) is 0.389. The number of rotatable bonds is 5. The minimum absolute atomic E-state index is 0.746. The Morgan fingerprint density at radius 3 is 2.62 bits per heavy atom. The van der Waals surface area contributed by atoms with Crippen LogP contribution in [0.15, 0.2) is 42.6 Å². The number of nitrogens with zero attached hydrogens (tertiary/aromatic N) is 2. The number of aromatic nitrogens is 1. The molecule has 0 atom stereocenters. The Balaban J connectivity index is 1.72. The smallest absolute Gasteiger partial charge is 0.127 e. The quantitative estimate of drug-likeness (QED) is 0.839. The van der Waals surface area contributed by atoms with E-state index in [1.165, 1.54) is 25.9 Å². The number of para-hydroxylation sites is 1. The third-order valence-corrected chi connectivity index (χ3v) is 4.05. The van der Waals surface area contributed by atoms with Gasteiger partial charge >= 0.3 is 0 Å². The van der Waals surface area contributed by atoms with Crippen LogP contribution in [-0.2, 0) is 0 Å². The van der Waals surface area contributed by atoms with E-state index < -0.39 is 0 Å². The van der Waals surface area contributed by atoms with E-state index in [2.05, 4.69) is 28.1 Å². The summed E-state index contributed by atoms with van der Waals surface area (Å²) in [4.78, 5) is 6.85. The average molecular weight is 282 g/mol. The van der Waals surface area contributed by atoms with Crippen molar-refractivity contribution in [3.05, 3.63) is 48.3 Å². The van der Waals surface area contributed by atoms with E-state index in [-0.39, 0.29) is 0 Å². The second-order valence-electron chi connectivity index (χ2n) is 5.53. The molecule has 3 heteroatoms. The van der Waals surface area contributed by atoms with Gasteiger partial charge < -0.3 is 4.74 Å². The summed E-state index contributed by atoms with van der Waals surface area (Å²) in [6.07, 6.45) is 4.48. The molecule has 1 aliphatic heterocycles. The molecule has 0 amide bonds. The highest BCUT2D eigenvalue weighted by molar-refractivity contribution is 5.71. The molecule has 2 heterocycles. The van der Waals surface area contributed by atoms with Crippen molar-refractivity contribution >= 4 is 0 Å². The highest BCUT2D eigenvalue weighted by Crippen LogP contribution is 2.31. The van der Waals surface area contributed by atoms with Crippen LogP contribution >= 0.6 is 0 Å². The van der Waals surface area contributed by atoms with Crippen LogP contribution in [0.4, 0.5) is 0 Å². The summed E-state index contributed by atoms with van der Waals surface area (Å²) in [6, 6.07) is 12.3. The molecule has 0 aliphatic carbocycles. The number of hydrogen-bond acceptors (Lipinski definition) is 3. The van der Waals surface area contributed by atoms with Crippen molar-refractivity contribution in [2.24, 2.45) is 0 Å². The highest BCUT2D eigenvalue weighted by Gasteiger charge is 2.12. The molecule has 3 nitrogen and oxygen atoms in total. The Hall–Kier alpha value is -1.87. The average Bonchev–Trinajstić information content (AvgIpc) is 3.02. The summed E-state index contributed by atoms with van der Waals surface area (Å²) in [5.74, 6) is 0.952. The van der Waals surface area contributed by atoms with Gasteiger partial charge in [-0.3, -0.25) is 9.88 Å². The molecule has 0 unspecified atom stereocenters. The molecule has 1 aliphatic rings. The molecule has 1 saturated heterocycles. The van der Waals surface area contributed by atoms with Gasteiger partial charge in [0.05, 0.1) is 0 Å². The van der Waals surface area contributed by atoms with Crippen LogP contribution in [0.5, 0.6) is 5.75 Å². The Labute approximate surface area is 126 Å². The van der Waals surface area contributed by atoms with Crippen LogP contribution in [0.1, 0.15) is 18.5 Å². The van der Waals surface area contributed by atoms with E-state index in [9.17, 15) is 0 Å². The summed E-state index contributed by atoms with van der Waals surface area (Å²) in [5.41, 5.74) is 3.31. The molecule has 1 aromatic carbocycles. The number of likely N-dealkylation sites (tertiary alicyclic amines) is 1. The second kappa shape index (κ2) is 6.72. The third-order valence-electron chi connectivity index (χ3n) is 4.05. The molecule has 1 fully saturated rings. The number of aryl methyl sites for hydroxylation is 1. The van der Waals surface area contributed by atoms with Crippen LogP contribution in [0.3, 0.4) is 0 Å². The lowest BCUT2D eigenvalue weighted by atomic mass is 10.0. The van der Waals surface area contributed by atoms with E-state index in [1.807, 2.05) is 31.3 Å². The van der Waals surface area contributed by atoms with Crippen LogP contribution in [-0.4, -0.2) is 36.1 Å². The lowest BCUT2D eigenvalue weighted by Gasteiger charge is -2.17. The van der Waals surface area contributed by atoms with Crippen molar-refractivity contribution in [1.82, 2.24) is 9.88 Å². The van der Waals surface area contributed by atoms with Gasteiger partial charge in [0.15, 0.2) is 0 Å². The molecular weight excluding hydrogens is 260 g/mol. The van der Waals surface area contributed by atoms with Gasteiger partial charge in [-0.25, -0.2) is 0 Å². The summed E-state index contributed by atoms with van der Waals surface area (Å²) >= 11 is 0. The molecule has 110 valence electrons. The highest BCUT2D eigenvalue weighted by atomic mass is 16.5. The zero-order valence-corrected chi connectivity index (χ0v) is 12.6. The molecule has 3 rings (SSSR count). The first-order chi connectivity index (χ1) is 10.3. The van der Waals surface area contributed by atoms with Gasteiger partial charge in [-0.05, 0) is 45.0 Å². The first-order valence-electron chi connectivity index (χ1n) is 7.71. The van der Waals surface area contributed by atoms with Crippen molar-refractivity contribution in [2.45, 2.75) is 19.8 Å². The summed E-state index contributed by atoms with van der Waals surface area (Å²) in [7, 11) is 0. The molecular formula is C18H22N2O. The summed E-state index contributed by atoms with van der Waals surface area (Å²) in [6.45, 7) is 6.23. The van der Waals surface area contributed by atoms with Gasteiger partial charge in [-0.2, -0.15) is 0 Å². The van der Waals surface area contributed by atoms with Gasteiger partial charge in [0.25, 0.3) is 0 Å². The van der Waals surface area contributed by atoms with Crippen molar-refractivity contribution in [3.63, 3.8) is 0 Å². The fourth-order valence-electron chi connectivity index (χ4n) is 2.87. The fourth-order valence-corrected chi connectivity index (χ4v) is 2.87.